The van der Waals surface area contributed by atoms with Gasteiger partial charge in [-0.15, -0.1) is 0 Å². The van der Waals surface area contributed by atoms with E-state index in [4.69, 9.17) is 0 Å². The highest BCUT2D eigenvalue weighted by molar-refractivity contribution is 5.76. The number of nitrogens with one attached hydrogen (secondary N) is 1. The van der Waals surface area contributed by atoms with E-state index in [2.05, 4.69) is 17.1 Å². The van der Waals surface area contributed by atoms with Gasteiger partial charge in [-0.05, 0) is 31.7 Å². The van der Waals surface area contributed by atoms with E-state index in [1.54, 1.807) is 0 Å². The van der Waals surface area contributed by atoms with Gasteiger partial charge in [0.05, 0.1) is 0 Å². The molecule has 2 rings (SSSR count). The van der Waals surface area contributed by atoms with Gasteiger partial charge in [0, 0.05) is 25.6 Å². The molecule has 2 heterocycles. The number of hydrogen-bond donors (Lipinski definition) is 1. The average Bonchev–Trinajstić information content (AvgIpc) is 2.64. The molecule has 2 saturated heterocycles. The van der Waals surface area contributed by atoms with Gasteiger partial charge in [-0.3, -0.25) is 4.79 Å². The molecule has 1 amide bonds. The average molecular weight is 196 g/mol. The van der Waals surface area contributed by atoms with Gasteiger partial charge in [0.2, 0.25) is 5.91 Å². The third kappa shape index (κ3) is 1.92. The smallest absolute Gasteiger partial charge is 0.222 e. The van der Waals surface area contributed by atoms with Crippen molar-refractivity contribution in [2.75, 3.05) is 19.6 Å². The first-order valence-electron chi connectivity index (χ1n) is 5.82. The third-order valence-corrected chi connectivity index (χ3v) is 3.47. The van der Waals surface area contributed by atoms with Gasteiger partial charge in [-0.25, -0.2) is 0 Å². The van der Waals surface area contributed by atoms with Crippen LogP contribution in [0.2, 0.25) is 0 Å². The van der Waals surface area contributed by atoms with Gasteiger partial charge in [-0.2, -0.15) is 0 Å². The largest absolute Gasteiger partial charge is 0.342 e. The van der Waals surface area contributed by atoms with Crippen molar-refractivity contribution in [1.82, 2.24) is 10.2 Å². The van der Waals surface area contributed by atoms with Crippen molar-refractivity contribution >= 4 is 5.91 Å². The predicted molar refractivity (Wildman–Crippen MR) is 56.0 cm³/mol. The molecule has 0 bridgehead atoms. The van der Waals surface area contributed by atoms with Gasteiger partial charge >= 0.3 is 0 Å². The van der Waals surface area contributed by atoms with E-state index in [9.17, 15) is 4.79 Å². The minimum absolute atomic E-state index is 0.359. The van der Waals surface area contributed by atoms with Crippen LogP contribution in [0.3, 0.4) is 0 Å². The van der Waals surface area contributed by atoms with E-state index < -0.39 is 0 Å². The quantitative estimate of drug-likeness (QED) is 0.714. The van der Waals surface area contributed by atoms with E-state index >= 15 is 0 Å². The lowest BCUT2D eigenvalue weighted by molar-refractivity contribution is -0.133. The zero-order valence-corrected chi connectivity index (χ0v) is 8.96. The Bertz CT molecular complexity index is 217. The second kappa shape index (κ2) is 4.30. The van der Waals surface area contributed by atoms with Crippen LogP contribution < -0.4 is 5.32 Å². The lowest BCUT2D eigenvalue weighted by Gasteiger charge is -2.34. The molecule has 0 aliphatic carbocycles. The monoisotopic (exact) mass is 196 g/mol. The molecule has 0 aromatic carbocycles. The molecule has 1 N–H and O–H groups in total. The van der Waals surface area contributed by atoms with Crippen LogP contribution in [0.1, 0.15) is 32.6 Å². The molecule has 2 aliphatic heterocycles. The molecule has 0 aromatic heterocycles. The minimum Gasteiger partial charge on any atom is -0.342 e. The summed E-state index contributed by atoms with van der Waals surface area (Å²) in [6, 6.07) is 0.695. The number of likely N-dealkylation sites (tertiary alicyclic amines) is 1. The van der Waals surface area contributed by atoms with Crippen molar-refractivity contribution in [2.24, 2.45) is 5.92 Å². The lowest BCUT2D eigenvalue weighted by Crippen LogP contribution is -2.46. The number of nitrogens with zero attached hydrogens (tertiary/aromatic N) is 1. The summed E-state index contributed by atoms with van der Waals surface area (Å²) in [5.74, 6) is 1.09. The number of fused-ring (bicyclic) bond motifs is 1. The molecule has 0 saturated carbocycles. The molecule has 80 valence electrons. The molecule has 3 nitrogen and oxygen atoms in total. The van der Waals surface area contributed by atoms with Crippen molar-refractivity contribution < 1.29 is 4.79 Å². The Hall–Kier alpha value is -0.570. The fourth-order valence-corrected chi connectivity index (χ4v) is 2.65. The van der Waals surface area contributed by atoms with Crippen LogP contribution in [-0.2, 0) is 4.79 Å². The van der Waals surface area contributed by atoms with Crippen LogP contribution in [0.4, 0.5) is 0 Å². The lowest BCUT2D eigenvalue weighted by atomic mass is 9.93. The second-order valence-electron chi connectivity index (χ2n) is 4.49. The topological polar surface area (TPSA) is 32.3 Å². The highest BCUT2D eigenvalue weighted by atomic mass is 16.2. The molecular weight excluding hydrogens is 176 g/mol. The molecule has 2 aliphatic rings. The summed E-state index contributed by atoms with van der Waals surface area (Å²) in [7, 11) is 0. The van der Waals surface area contributed by atoms with E-state index in [-0.39, 0.29) is 0 Å². The summed E-state index contributed by atoms with van der Waals surface area (Å²) in [6.07, 6.45) is 4.10. The van der Waals surface area contributed by atoms with Crippen LogP contribution in [0, 0.1) is 5.92 Å². The van der Waals surface area contributed by atoms with Crippen LogP contribution >= 0.6 is 0 Å². The van der Waals surface area contributed by atoms with E-state index in [0.717, 1.165) is 44.8 Å². The molecule has 3 heteroatoms. The number of amides is 1. The Balaban J connectivity index is 1.87. The highest BCUT2D eigenvalue weighted by Crippen LogP contribution is 2.24. The van der Waals surface area contributed by atoms with Gasteiger partial charge in [0.25, 0.3) is 0 Å². The molecule has 14 heavy (non-hydrogen) atoms. The van der Waals surface area contributed by atoms with E-state index in [1.165, 1.54) is 6.42 Å². The molecule has 2 fully saturated rings. The molecule has 0 radical (unpaired) electrons. The first kappa shape index (κ1) is 9.97. The molecule has 2 atom stereocenters. The van der Waals surface area contributed by atoms with Crippen molar-refractivity contribution in [3.05, 3.63) is 0 Å². The molecular formula is C11H20N2O. The van der Waals surface area contributed by atoms with Crippen molar-refractivity contribution in [1.29, 1.82) is 0 Å². The summed E-state index contributed by atoms with van der Waals surface area (Å²) in [5.41, 5.74) is 0. The summed E-state index contributed by atoms with van der Waals surface area (Å²) in [6.45, 7) is 5.18. The SMILES string of the molecule is CCCC(=O)N1CCC2NCCC2C1. The Labute approximate surface area is 85.8 Å². The maximum Gasteiger partial charge on any atom is 0.222 e. The van der Waals surface area contributed by atoms with Gasteiger partial charge in [0.15, 0.2) is 0 Å². The highest BCUT2D eigenvalue weighted by Gasteiger charge is 2.33. The predicted octanol–water partition coefficient (Wildman–Crippen LogP) is 0.997. The first-order chi connectivity index (χ1) is 6.81. The Kier molecular flexibility index (Phi) is 3.06. The Morgan fingerprint density at radius 2 is 2.36 bits per heavy atom. The Morgan fingerprint density at radius 1 is 1.50 bits per heavy atom. The Morgan fingerprint density at radius 3 is 3.14 bits per heavy atom. The number of carbonyl (C=O) groups is 1. The molecule has 0 spiro atoms. The van der Waals surface area contributed by atoms with Gasteiger partial charge in [0.1, 0.15) is 0 Å². The fraction of sp³-hybridized carbons (Fsp3) is 0.909. The number of hydrogen-bond acceptors (Lipinski definition) is 2. The van der Waals surface area contributed by atoms with Gasteiger partial charge in [-0.1, -0.05) is 6.92 Å². The van der Waals surface area contributed by atoms with Gasteiger partial charge < -0.3 is 10.2 Å². The summed E-state index contributed by atoms with van der Waals surface area (Å²) >= 11 is 0. The van der Waals surface area contributed by atoms with Crippen molar-refractivity contribution in [2.45, 2.75) is 38.6 Å². The van der Waals surface area contributed by atoms with E-state index in [0.29, 0.717) is 11.9 Å². The number of piperidine rings is 1. The zero-order valence-electron chi connectivity index (χ0n) is 8.96. The summed E-state index contributed by atoms with van der Waals surface area (Å²) in [5, 5.41) is 3.51. The zero-order chi connectivity index (χ0) is 9.97. The number of carbonyl (C=O) groups excluding carboxylic acids is 1. The maximum absolute atomic E-state index is 11.7. The van der Waals surface area contributed by atoms with Crippen LogP contribution in [0.5, 0.6) is 0 Å². The first-order valence-corrected chi connectivity index (χ1v) is 5.82. The van der Waals surface area contributed by atoms with Crippen LogP contribution in [0.15, 0.2) is 0 Å². The second-order valence-corrected chi connectivity index (χ2v) is 4.49. The standard InChI is InChI=1S/C11H20N2O/c1-2-3-11(14)13-7-5-10-9(8-13)4-6-12-10/h9-10,12H,2-8H2,1H3. The number of rotatable bonds is 2. The van der Waals surface area contributed by atoms with Crippen molar-refractivity contribution in [3.63, 3.8) is 0 Å². The minimum atomic E-state index is 0.359. The summed E-state index contributed by atoms with van der Waals surface area (Å²) in [4.78, 5) is 13.8. The summed E-state index contributed by atoms with van der Waals surface area (Å²) < 4.78 is 0. The third-order valence-electron chi connectivity index (χ3n) is 3.47. The van der Waals surface area contributed by atoms with Crippen LogP contribution in [-0.4, -0.2) is 36.5 Å². The normalized spacial score (nSPS) is 31.6. The fourth-order valence-electron chi connectivity index (χ4n) is 2.65. The van der Waals surface area contributed by atoms with E-state index in [1.807, 2.05) is 0 Å². The van der Waals surface area contributed by atoms with Crippen LogP contribution in [0.25, 0.3) is 0 Å². The molecule has 2 unspecified atom stereocenters. The van der Waals surface area contributed by atoms with Crippen molar-refractivity contribution in [3.8, 4) is 0 Å². The molecule has 0 aromatic rings. The maximum atomic E-state index is 11.7.